The zero-order valence-corrected chi connectivity index (χ0v) is 20.9. The molecule has 180 valence electrons. The number of ether oxygens (including phenoxy) is 1. The minimum atomic E-state index is -0.767. The van der Waals surface area contributed by atoms with Crippen LogP contribution in [0.4, 0.5) is 5.69 Å². The maximum atomic E-state index is 13.7. The molecule has 0 aliphatic heterocycles. The van der Waals surface area contributed by atoms with Crippen LogP contribution in [0.2, 0.25) is 0 Å². The Morgan fingerprint density at radius 3 is 2.54 bits per heavy atom. The molecule has 1 unspecified atom stereocenters. The van der Waals surface area contributed by atoms with E-state index in [1.54, 1.807) is 31.2 Å². The maximum absolute atomic E-state index is 13.7. The number of carbonyl (C=O) groups excluding carboxylic acids is 2. The van der Waals surface area contributed by atoms with Crippen molar-refractivity contribution < 1.29 is 14.3 Å². The SMILES string of the molecule is CCOC(=O)c1cccc(NC(=O)C(CC)n2cnc3sc(C)c(-c4ccc(C)cc4)c3c2=O)c1. The molecular formula is C27H27N3O4S. The molecule has 0 aliphatic rings. The quantitative estimate of drug-likeness (QED) is 0.346. The number of carbonyl (C=O) groups is 2. The van der Waals surface area contributed by atoms with Crippen molar-refractivity contribution in [1.82, 2.24) is 9.55 Å². The van der Waals surface area contributed by atoms with Gasteiger partial charge in [0, 0.05) is 16.1 Å². The molecule has 4 rings (SSSR count). The number of nitrogens with zero attached hydrogens (tertiary/aromatic N) is 2. The summed E-state index contributed by atoms with van der Waals surface area (Å²) in [6, 6.07) is 13.8. The molecule has 0 fully saturated rings. The number of amides is 1. The van der Waals surface area contributed by atoms with Gasteiger partial charge < -0.3 is 10.1 Å². The Labute approximate surface area is 207 Å². The monoisotopic (exact) mass is 489 g/mol. The van der Waals surface area contributed by atoms with Gasteiger partial charge in [-0.1, -0.05) is 42.8 Å². The molecule has 1 atom stereocenters. The van der Waals surface area contributed by atoms with Gasteiger partial charge in [0.05, 0.1) is 23.9 Å². The van der Waals surface area contributed by atoms with E-state index in [2.05, 4.69) is 10.3 Å². The van der Waals surface area contributed by atoms with Gasteiger partial charge in [-0.2, -0.15) is 0 Å². The number of benzene rings is 2. The fraction of sp³-hybridized carbons (Fsp3) is 0.259. The van der Waals surface area contributed by atoms with Crippen LogP contribution in [0.3, 0.4) is 0 Å². The molecule has 7 nitrogen and oxygen atoms in total. The molecular weight excluding hydrogens is 462 g/mol. The highest BCUT2D eigenvalue weighted by molar-refractivity contribution is 7.19. The van der Waals surface area contributed by atoms with Crippen molar-refractivity contribution in [3.05, 3.63) is 81.2 Å². The Morgan fingerprint density at radius 1 is 1.11 bits per heavy atom. The fourth-order valence-electron chi connectivity index (χ4n) is 4.08. The number of fused-ring (bicyclic) bond motifs is 1. The molecule has 2 aromatic carbocycles. The van der Waals surface area contributed by atoms with Crippen LogP contribution in [0, 0.1) is 13.8 Å². The van der Waals surface area contributed by atoms with Crippen LogP contribution < -0.4 is 10.9 Å². The molecule has 2 aromatic heterocycles. The fourth-order valence-corrected chi connectivity index (χ4v) is 5.08. The van der Waals surface area contributed by atoms with Crippen LogP contribution in [0.25, 0.3) is 21.3 Å². The van der Waals surface area contributed by atoms with Gasteiger partial charge in [0.25, 0.3) is 5.56 Å². The number of hydrogen-bond acceptors (Lipinski definition) is 6. The molecule has 2 heterocycles. The third kappa shape index (κ3) is 4.88. The number of nitrogens with one attached hydrogen (secondary N) is 1. The molecule has 35 heavy (non-hydrogen) atoms. The molecule has 1 N–H and O–H groups in total. The summed E-state index contributed by atoms with van der Waals surface area (Å²) in [4.78, 5) is 45.1. The summed E-state index contributed by atoms with van der Waals surface area (Å²) in [5.41, 5.74) is 3.48. The Bertz CT molecular complexity index is 1450. The molecule has 0 radical (unpaired) electrons. The number of aryl methyl sites for hydroxylation is 2. The number of esters is 1. The van der Waals surface area contributed by atoms with Crippen LogP contribution in [-0.2, 0) is 9.53 Å². The molecule has 0 bridgehead atoms. The van der Waals surface area contributed by atoms with E-state index in [0.29, 0.717) is 27.9 Å². The lowest BCUT2D eigenvalue weighted by molar-refractivity contribution is -0.119. The lowest BCUT2D eigenvalue weighted by Crippen LogP contribution is -2.33. The van der Waals surface area contributed by atoms with Crippen molar-refractivity contribution in [2.45, 2.75) is 40.2 Å². The van der Waals surface area contributed by atoms with E-state index < -0.39 is 12.0 Å². The Kier molecular flexibility index (Phi) is 7.12. The predicted octanol–water partition coefficient (Wildman–Crippen LogP) is 5.51. The van der Waals surface area contributed by atoms with Crippen LogP contribution in [-0.4, -0.2) is 28.0 Å². The topological polar surface area (TPSA) is 90.3 Å². The molecule has 0 aliphatic carbocycles. The summed E-state index contributed by atoms with van der Waals surface area (Å²) in [5.74, 6) is -0.821. The molecule has 4 aromatic rings. The van der Waals surface area contributed by atoms with E-state index >= 15 is 0 Å². The second kappa shape index (κ2) is 10.2. The molecule has 1 amide bonds. The van der Waals surface area contributed by atoms with E-state index in [9.17, 15) is 14.4 Å². The lowest BCUT2D eigenvalue weighted by atomic mass is 10.0. The Morgan fingerprint density at radius 2 is 1.86 bits per heavy atom. The number of hydrogen-bond donors (Lipinski definition) is 1. The minimum Gasteiger partial charge on any atom is -0.462 e. The number of anilines is 1. The van der Waals surface area contributed by atoms with Crippen molar-refractivity contribution in [3.8, 4) is 11.1 Å². The summed E-state index contributed by atoms with van der Waals surface area (Å²) in [7, 11) is 0. The predicted molar refractivity (Wildman–Crippen MR) is 139 cm³/mol. The van der Waals surface area contributed by atoms with E-state index in [1.165, 1.54) is 22.2 Å². The van der Waals surface area contributed by atoms with E-state index in [0.717, 1.165) is 21.6 Å². The van der Waals surface area contributed by atoms with Crippen LogP contribution in [0.5, 0.6) is 0 Å². The number of rotatable bonds is 7. The maximum Gasteiger partial charge on any atom is 0.338 e. The van der Waals surface area contributed by atoms with Gasteiger partial charge in [-0.05, 0) is 51.0 Å². The summed E-state index contributed by atoms with van der Waals surface area (Å²) in [6.45, 7) is 7.83. The van der Waals surface area contributed by atoms with Gasteiger partial charge in [0.1, 0.15) is 10.9 Å². The third-order valence-corrected chi connectivity index (χ3v) is 6.83. The first kappa shape index (κ1) is 24.3. The van der Waals surface area contributed by atoms with Crippen LogP contribution in [0.1, 0.15) is 47.1 Å². The van der Waals surface area contributed by atoms with Gasteiger partial charge in [-0.3, -0.25) is 14.2 Å². The normalized spacial score (nSPS) is 11.9. The standard InChI is InChI=1S/C27H27N3O4S/c1-5-21(24(31)29-20-9-7-8-19(14-20)27(33)34-6-2)30-15-28-25-23(26(30)32)22(17(4)35-25)18-12-10-16(3)11-13-18/h7-15,21H,5-6H2,1-4H3,(H,29,31). The summed E-state index contributed by atoms with van der Waals surface area (Å²) >= 11 is 1.47. The Balaban J connectivity index is 1.70. The van der Waals surface area contributed by atoms with Crippen molar-refractivity contribution in [2.24, 2.45) is 0 Å². The third-order valence-electron chi connectivity index (χ3n) is 5.82. The van der Waals surface area contributed by atoms with E-state index in [4.69, 9.17) is 4.74 Å². The van der Waals surface area contributed by atoms with Crippen molar-refractivity contribution in [3.63, 3.8) is 0 Å². The lowest BCUT2D eigenvalue weighted by Gasteiger charge is -2.18. The highest BCUT2D eigenvalue weighted by Gasteiger charge is 2.24. The first-order chi connectivity index (χ1) is 16.8. The average Bonchev–Trinajstić information content (AvgIpc) is 3.18. The smallest absolute Gasteiger partial charge is 0.338 e. The Hall–Kier alpha value is -3.78. The zero-order chi connectivity index (χ0) is 25.1. The minimum absolute atomic E-state index is 0.253. The first-order valence-electron chi connectivity index (χ1n) is 11.5. The van der Waals surface area contributed by atoms with Gasteiger partial charge in [-0.15, -0.1) is 11.3 Å². The first-order valence-corrected chi connectivity index (χ1v) is 12.3. The highest BCUT2D eigenvalue weighted by Crippen LogP contribution is 2.35. The van der Waals surface area contributed by atoms with E-state index in [-0.39, 0.29) is 18.1 Å². The zero-order valence-electron chi connectivity index (χ0n) is 20.1. The summed E-state index contributed by atoms with van der Waals surface area (Å²) in [6.07, 6.45) is 1.84. The summed E-state index contributed by atoms with van der Waals surface area (Å²) in [5, 5.41) is 3.35. The molecule has 0 spiro atoms. The molecule has 0 saturated carbocycles. The second-order valence-electron chi connectivity index (χ2n) is 8.25. The van der Waals surface area contributed by atoms with Crippen LogP contribution >= 0.6 is 11.3 Å². The van der Waals surface area contributed by atoms with Crippen molar-refractivity contribution in [2.75, 3.05) is 11.9 Å². The molecule has 0 saturated heterocycles. The van der Waals surface area contributed by atoms with Crippen molar-refractivity contribution in [1.29, 1.82) is 0 Å². The van der Waals surface area contributed by atoms with Gasteiger partial charge >= 0.3 is 5.97 Å². The van der Waals surface area contributed by atoms with E-state index in [1.807, 2.05) is 45.0 Å². The average molecular weight is 490 g/mol. The number of thiophene rings is 1. The van der Waals surface area contributed by atoms with Gasteiger partial charge in [0.2, 0.25) is 5.91 Å². The second-order valence-corrected chi connectivity index (χ2v) is 9.45. The number of aromatic nitrogens is 2. The van der Waals surface area contributed by atoms with Gasteiger partial charge in [0.15, 0.2) is 0 Å². The molecule has 8 heteroatoms. The summed E-state index contributed by atoms with van der Waals surface area (Å²) < 4.78 is 6.43. The van der Waals surface area contributed by atoms with Gasteiger partial charge in [-0.25, -0.2) is 9.78 Å². The largest absolute Gasteiger partial charge is 0.462 e. The highest BCUT2D eigenvalue weighted by atomic mass is 32.1. The van der Waals surface area contributed by atoms with Crippen molar-refractivity contribution >= 4 is 39.1 Å². The van der Waals surface area contributed by atoms with Crippen LogP contribution in [0.15, 0.2) is 59.7 Å².